The predicted molar refractivity (Wildman–Crippen MR) is 140 cm³/mol. The number of carbonyl (C=O) groups is 3. The van der Waals surface area contributed by atoms with Crippen molar-refractivity contribution in [3.63, 3.8) is 0 Å². The lowest BCUT2D eigenvalue weighted by molar-refractivity contribution is -0.133. The van der Waals surface area contributed by atoms with Gasteiger partial charge in [0.25, 0.3) is 5.91 Å². The van der Waals surface area contributed by atoms with Crippen LogP contribution in [-0.4, -0.2) is 46.0 Å². The number of aryl methyl sites for hydroxylation is 1. The maximum atomic E-state index is 13.7. The first kappa shape index (κ1) is 25.3. The van der Waals surface area contributed by atoms with Crippen molar-refractivity contribution < 1.29 is 14.4 Å². The maximum absolute atomic E-state index is 13.7. The number of nitrogens with one attached hydrogen (secondary N) is 2. The molecule has 0 spiro atoms. The second-order valence-corrected chi connectivity index (χ2v) is 11.8. The summed E-state index contributed by atoms with van der Waals surface area (Å²) in [5.41, 5.74) is 2.86. The van der Waals surface area contributed by atoms with Crippen molar-refractivity contribution in [1.29, 1.82) is 0 Å². The van der Waals surface area contributed by atoms with Gasteiger partial charge in [0, 0.05) is 16.9 Å². The SMILES string of the molecule is CC[C@@H](C)[C@H](NC(=O)[C@@H]1N2C(=O)c3ccccc3[C@@H]2SC1(C)C)C(=O)NCCCc1ccccc1. The Morgan fingerprint density at radius 2 is 1.77 bits per heavy atom. The van der Waals surface area contributed by atoms with Crippen molar-refractivity contribution in [3.05, 3.63) is 71.3 Å². The van der Waals surface area contributed by atoms with Gasteiger partial charge in [-0.15, -0.1) is 11.8 Å². The molecule has 2 aromatic rings. The molecular formula is C28H35N3O3S. The van der Waals surface area contributed by atoms with E-state index in [1.807, 2.05) is 70.2 Å². The quantitative estimate of drug-likeness (QED) is 0.510. The summed E-state index contributed by atoms with van der Waals surface area (Å²) in [6.45, 7) is 8.53. The lowest BCUT2D eigenvalue weighted by atomic mass is 9.95. The van der Waals surface area contributed by atoms with Gasteiger partial charge in [-0.05, 0) is 49.8 Å². The fraction of sp³-hybridized carbons (Fsp3) is 0.464. The minimum Gasteiger partial charge on any atom is -0.354 e. The van der Waals surface area contributed by atoms with Crippen molar-refractivity contribution in [3.8, 4) is 0 Å². The van der Waals surface area contributed by atoms with Crippen LogP contribution in [0.5, 0.6) is 0 Å². The van der Waals surface area contributed by atoms with E-state index in [9.17, 15) is 14.4 Å². The van der Waals surface area contributed by atoms with E-state index in [0.29, 0.717) is 12.1 Å². The van der Waals surface area contributed by atoms with Crippen molar-refractivity contribution in [1.82, 2.24) is 15.5 Å². The summed E-state index contributed by atoms with van der Waals surface area (Å²) in [4.78, 5) is 41.7. The van der Waals surface area contributed by atoms with Gasteiger partial charge in [-0.3, -0.25) is 14.4 Å². The Balaban J connectivity index is 1.43. The monoisotopic (exact) mass is 493 g/mol. The van der Waals surface area contributed by atoms with Crippen LogP contribution in [0.25, 0.3) is 0 Å². The molecule has 2 aliphatic heterocycles. The third-order valence-electron chi connectivity index (χ3n) is 7.12. The molecule has 0 aromatic heterocycles. The van der Waals surface area contributed by atoms with Gasteiger partial charge < -0.3 is 15.5 Å². The predicted octanol–water partition coefficient (Wildman–Crippen LogP) is 4.31. The molecule has 7 heteroatoms. The fourth-order valence-electron chi connectivity index (χ4n) is 5.00. The molecule has 1 fully saturated rings. The van der Waals surface area contributed by atoms with Gasteiger partial charge in [-0.2, -0.15) is 0 Å². The molecule has 2 aromatic carbocycles. The largest absolute Gasteiger partial charge is 0.354 e. The molecule has 0 radical (unpaired) electrons. The van der Waals surface area contributed by atoms with Gasteiger partial charge in [-0.25, -0.2) is 0 Å². The molecule has 4 atom stereocenters. The number of nitrogens with zero attached hydrogens (tertiary/aromatic N) is 1. The van der Waals surface area contributed by atoms with Crippen LogP contribution in [0.15, 0.2) is 54.6 Å². The highest BCUT2D eigenvalue weighted by Crippen LogP contribution is 2.56. The van der Waals surface area contributed by atoms with E-state index in [1.54, 1.807) is 16.7 Å². The van der Waals surface area contributed by atoms with Crippen LogP contribution in [0.3, 0.4) is 0 Å². The summed E-state index contributed by atoms with van der Waals surface area (Å²) in [6.07, 6.45) is 2.46. The molecule has 0 saturated carbocycles. The molecule has 0 aliphatic carbocycles. The molecule has 0 unspecified atom stereocenters. The average molecular weight is 494 g/mol. The zero-order valence-electron chi connectivity index (χ0n) is 20.9. The molecule has 35 heavy (non-hydrogen) atoms. The Morgan fingerprint density at radius 3 is 2.49 bits per heavy atom. The minimum absolute atomic E-state index is 0.0347. The molecule has 4 rings (SSSR count). The third-order valence-corrected chi connectivity index (χ3v) is 8.66. The Bertz CT molecular complexity index is 1090. The Morgan fingerprint density at radius 1 is 1.09 bits per heavy atom. The van der Waals surface area contributed by atoms with Crippen molar-refractivity contribution in [2.75, 3.05) is 6.54 Å². The van der Waals surface area contributed by atoms with Gasteiger partial charge in [0.1, 0.15) is 17.5 Å². The molecule has 2 aliphatic rings. The Kier molecular flexibility index (Phi) is 7.55. The second kappa shape index (κ2) is 10.4. The van der Waals surface area contributed by atoms with Gasteiger partial charge in [0.15, 0.2) is 0 Å². The number of benzene rings is 2. The van der Waals surface area contributed by atoms with Crippen LogP contribution in [0, 0.1) is 5.92 Å². The Hall–Kier alpha value is -2.80. The zero-order valence-corrected chi connectivity index (χ0v) is 21.7. The highest BCUT2D eigenvalue weighted by atomic mass is 32.2. The number of carbonyl (C=O) groups excluding carboxylic acids is 3. The zero-order chi connectivity index (χ0) is 25.2. The van der Waals surface area contributed by atoms with Crippen LogP contribution in [0.4, 0.5) is 0 Å². The summed E-state index contributed by atoms with van der Waals surface area (Å²) in [7, 11) is 0. The molecule has 1 saturated heterocycles. The highest BCUT2D eigenvalue weighted by molar-refractivity contribution is 8.01. The smallest absolute Gasteiger partial charge is 0.256 e. The minimum atomic E-state index is -0.658. The number of hydrogen-bond acceptors (Lipinski definition) is 4. The Labute approximate surface area is 212 Å². The van der Waals surface area contributed by atoms with E-state index in [4.69, 9.17) is 0 Å². The van der Waals surface area contributed by atoms with Gasteiger partial charge in [-0.1, -0.05) is 68.8 Å². The maximum Gasteiger partial charge on any atom is 0.256 e. The van der Waals surface area contributed by atoms with Gasteiger partial charge in [0.05, 0.1) is 0 Å². The van der Waals surface area contributed by atoms with Crippen LogP contribution in [-0.2, 0) is 16.0 Å². The van der Waals surface area contributed by atoms with Gasteiger partial charge >= 0.3 is 0 Å². The number of hydrogen-bond donors (Lipinski definition) is 2. The van der Waals surface area contributed by atoms with E-state index < -0.39 is 16.8 Å². The van der Waals surface area contributed by atoms with Crippen molar-refractivity contribution in [2.45, 2.75) is 69.2 Å². The molecule has 2 heterocycles. The molecule has 3 amide bonds. The average Bonchev–Trinajstić information content (AvgIpc) is 3.29. The lowest BCUT2D eigenvalue weighted by Crippen LogP contribution is -2.58. The van der Waals surface area contributed by atoms with E-state index in [0.717, 1.165) is 24.8 Å². The number of thioether (sulfide) groups is 1. The second-order valence-electron chi connectivity index (χ2n) is 10.0. The van der Waals surface area contributed by atoms with Gasteiger partial charge in [0.2, 0.25) is 11.8 Å². The van der Waals surface area contributed by atoms with Crippen molar-refractivity contribution in [2.24, 2.45) is 5.92 Å². The molecule has 6 nitrogen and oxygen atoms in total. The number of amides is 3. The molecule has 2 N–H and O–H groups in total. The van der Waals surface area contributed by atoms with Crippen LogP contribution >= 0.6 is 11.8 Å². The van der Waals surface area contributed by atoms with Crippen LogP contribution in [0.2, 0.25) is 0 Å². The third kappa shape index (κ3) is 5.10. The first-order valence-corrected chi connectivity index (χ1v) is 13.3. The topological polar surface area (TPSA) is 78.5 Å². The summed E-state index contributed by atoms with van der Waals surface area (Å²) >= 11 is 1.63. The molecule has 0 bridgehead atoms. The van der Waals surface area contributed by atoms with E-state index in [2.05, 4.69) is 22.8 Å². The number of rotatable bonds is 9. The van der Waals surface area contributed by atoms with E-state index >= 15 is 0 Å². The van der Waals surface area contributed by atoms with Crippen LogP contribution in [0.1, 0.15) is 67.4 Å². The number of fused-ring (bicyclic) bond motifs is 3. The first-order valence-electron chi connectivity index (χ1n) is 12.5. The fourth-order valence-corrected chi connectivity index (χ4v) is 6.59. The van der Waals surface area contributed by atoms with E-state index in [1.165, 1.54) is 5.56 Å². The standard InChI is InChI=1S/C28H35N3O3S/c1-5-18(2)22(24(32)29-17-11-14-19-12-7-6-8-13-19)30-25(33)23-28(3,4)35-27-21-16-10-9-15-20(21)26(34)31(23)27/h6-10,12-13,15-16,18,22-23,27H,5,11,14,17H2,1-4H3,(H,29,32)(H,30,33)/t18-,22+,23+,27+/m1/s1. The molecular weight excluding hydrogens is 458 g/mol. The summed E-state index contributed by atoms with van der Waals surface area (Å²) in [5, 5.41) is 5.86. The van der Waals surface area contributed by atoms with E-state index in [-0.39, 0.29) is 29.0 Å². The summed E-state index contributed by atoms with van der Waals surface area (Å²) < 4.78 is -0.482. The van der Waals surface area contributed by atoms with Crippen molar-refractivity contribution >= 4 is 29.5 Å². The summed E-state index contributed by atoms with van der Waals surface area (Å²) in [5.74, 6) is -0.588. The first-order chi connectivity index (χ1) is 16.7. The van der Waals surface area contributed by atoms with Crippen LogP contribution < -0.4 is 10.6 Å². The lowest BCUT2D eigenvalue weighted by Gasteiger charge is -2.32. The summed E-state index contributed by atoms with van der Waals surface area (Å²) in [6, 6.07) is 16.4. The molecule has 186 valence electrons. The highest BCUT2D eigenvalue weighted by Gasteiger charge is 2.57. The normalized spacial score (nSPS) is 21.7.